The Hall–Kier alpha value is -3.52. The number of benzene rings is 1. The molecule has 0 spiro atoms. The molecule has 1 amide bonds. The summed E-state index contributed by atoms with van der Waals surface area (Å²) in [5.74, 6) is 1.00. The highest BCUT2D eigenvalue weighted by molar-refractivity contribution is 5.84. The highest BCUT2D eigenvalue weighted by Crippen LogP contribution is 2.30. The number of aromatic amines is 1. The van der Waals surface area contributed by atoms with Crippen LogP contribution in [0.4, 0.5) is 0 Å². The largest absolute Gasteiger partial charge is 0.390 e. The van der Waals surface area contributed by atoms with Crippen LogP contribution < -0.4 is 16.4 Å². The van der Waals surface area contributed by atoms with Gasteiger partial charge in [-0.3, -0.25) is 9.79 Å². The van der Waals surface area contributed by atoms with Crippen molar-refractivity contribution in [2.75, 3.05) is 19.6 Å². The highest BCUT2D eigenvalue weighted by Gasteiger charge is 2.18. The monoisotopic (exact) mass is 489 g/mol. The Morgan fingerprint density at radius 2 is 2.06 bits per heavy atom. The van der Waals surface area contributed by atoms with Crippen LogP contribution in [0.3, 0.4) is 0 Å². The first kappa shape index (κ1) is 27.1. The molecule has 0 bridgehead atoms. The van der Waals surface area contributed by atoms with E-state index < -0.39 is 0 Å². The molecule has 2 aromatic rings. The molecule has 0 fully saturated rings. The molecule has 1 aromatic heterocycles. The number of aliphatic imine (C=N–C) groups is 2. The van der Waals surface area contributed by atoms with Gasteiger partial charge in [0.25, 0.3) is 0 Å². The van der Waals surface area contributed by atoms with Gasteiger partial charge in [0.1, 0.15) is 5.82 Å². The lowest BCUT2D eigenvalue weighted by molar-refractivity contribution is -0.120. The van der Waals surface area contributed by atoms with Crippen molar-refractivity contribution in [2.24, 2.45) is 21.6 Å². The van der Waals surface area contributed by atoms with E-state index in [1.807, 2.05) is 24.3 Å². The first-order valence-corrected chi connectivity index (χ1v) is 12.9. The van der Waals surface area contributed by atoms with Crippen molar-refractivity contribution >= 4 is 29.5 Å². The number of hydrogen-bond donors (Lipinski definition) is 4. The standard InChI is InChI=1S/C28H39N7O/c1-3-4-7-13-30-14-8-15-32-28(36)17-23-16-22(12-11-21(23)2)26(18-31-20-29)33-19-27-34-24-9-5-6-10-25(24)35-27/h5-6,9-10,12,16,18-21,30H,3-4,7-8,11,13-15,17H2,1-2H3,(H2,29,31)(H,32,36)(H,34,35)/b26-18-,33-19?. The average Bonchev–Trinajstić information content (AvgIpc) is 3.30. The Bertz CT molecular complexity index is 1110. The normalized spacial score (nSPS) is 16.6. The minimum absolute atomic E-state index is 0.0524. The number of aromatic nitrogens is 2. The number of nitrogens with two attached hydrogens (primary N) is 1. The smallest absolute Gasteiger partial charge is 0.224 e. The second-order valence-corrected chi connectivity index (χ2v) is 9.06. The number of para-hydroxylation sites is 2. The van der Waals surface area contributed by atoms with Crippen LogP contribution >= 0.6 is 0 Å². The number of carbonyl (C=O) groups is 1. The summed E-state index contributed by atoms with van der Waals surface area (Å²) in [6.45, 7) is 7.00. The number of unbranched alkanes of at least 4 members (excludes halogenated alkanes) is 2. The maximum Gasteiger partial charge on any atom is 0.224 e. The summed E-state index contributed by atoms with van der Waals surface area (Å²) in [5, 5.41) is 6.49. The summed E-state index contributed by atoms with van der Waals surface area (Å²) in [4.78, 5) is 29.1. The van der Waals surface area contributed by atoms with Crippen molar-refractivity contribution in [1.29, 1.82) is 0 Å². The second kappa shape index (κ2) is 14.8. The molecule has 8 nitrogen and oxygen atoms in total. The van der Waals surface area contributed by atoms with Crippen molar-refractivity contribution in [2.45, 2.75) is 52.4 Å². The average molecular weight is 490 g/mol. The van der Waals surface area contributed by atoms with Crippen molar-refractivity contribution < 1.29 is 4.79 Å². The van der Waals surface area contributed by atoms with Crippen LogP contribution in [0, 0.1) is 5.92 Å². The van der Waals surface area contributed by atoms with Gasteiger partial charge in [-0.05, 0) is 56.0 Å². The van der Waals surface area contributed by atoms with E-state index in [1.165, 1.54) is 25.6 Å². The first-order chi connectivity index (χ1) is 17.6. The molecule has 192 valence electrons. The van der Waals surface area contributed by atoms with Gasteiger partial charge in [-0.25, -0.2) is 9.98 Å². The number of imidazole rings is 1. The number of H-pyrrole nitrogens is 1. The molecule has 1 atom stereocenters. The maximum atomic E-state index is 12.6. The number of allylic oxidation sites excluding steroid dienone is 2. The van der Waals surface area contributed by atoms with E-state index in [2.05, 4.69) is 56.6 Å². The Kier molecular flexibility index (Phi) is 11.1. The molecular formula is C28H39N7O. The second-order valence-electron chi connectivity index (χ2n) is 9.06. The van der Waals surface area contributed by atoms with E-state index in [1.54, 1.807) is 12.4 Å². The summed E-state index contributed by atoms with van der Waals surface area (Å²) in [6.07, 6.45) is 14.6. The summed E-state index contributed by atoms with van der Waals surface area (Å²) < 4.78 is 0. The van der Waals surface area contributed by atoms with Crippen molar-refractivity contribution in [3.63, 3.8) is 0 Å². The molecule has 1 heterocycles. The van der Waals surface area contributed by atoms with Crippen molar-refractivity contribution in [3.8, 4) is 0 Å². The Morgan fingerprint density at radius 1 is 1.22 bits per heavy atom. The van der Waals surface area contributed by atoms with Gasteiger partial charge >= 0.3 is 0 Å². The molecule has 1 aromatic carbocycles. The van der Waals surface area contributed by atoms with Crippen LogP contribution in [0.5, 0.6) is 0 Å². The predicted octanol–water partition coefficient (Wildman–Crippen LogP) is 4.38. The predicted molar refractivity (Wildman–Crippen MR) is 149 cm³/mol. The molecular weight excluding hydrogens is 450 g/mol. The van der Waals surface area contributed by atoms with Crippen LogP contribution in [-0.4, -0.2) is 48.1 Å². The van der Waals surface area contributed by atoms with Gasteiger partial charge in [0.05, 0.1) is 35.5 Å². The molecule has 1 aliphatic rings. The summed E-state index contributed by atoms with van der Waals surface area (Å²) in [5.41, 5.74) is 9.99. The highest BCUT2D eigenvalue weighted by atomic mass is 16.1. The number of fused-ring (bicyclic) bond motifs is 1. The quantitative estimate of drug-likeness (QED) is 0.179. The lowest BCUT2D eigenvalue weighted by atomic mass is 9.87. The number of carbonyl (C=O) groups excluding carboxylic acids is 1. The van der Waals surface area contributed by atoms with Crippen LogP contribution in [0.2, 0.25) is 0 Å². The van der Waals surface area contributed by atoms with Gasteiger partial charge in [0, 0.05) is 13.0 Å². The summed E-state index contributed by atoms with van der Waals surface area (Å²) in [7, 11) is 0. The van der Waals surface area contributed by atoms with E-state index in [-0.39, 0.29) is 5.91 Å². The topological polar surface area (TPSA) is 121 Å². The summed E-state index contributed by atoms with van der Waals surface area (Å²) >= 11 is 0. The van der Waals surface area contributed by atoms with Crippen LogP contribution in [0.1, 0.15) is 58.2 Å². The van der Waals surface area contributed by atoms with E-state index >= 15 is 0 Å². The molecule has 36 heavy (non-hydrogen) atoms. The molecule has 8 heteroatoms. The van der Waals surface area contributed by atoms with Gasteiger partial charge < -0.3 is 21.4 Å². The van der Waals surface area contributed by atoms with Crippen LogP contribution in [-0.2, 0) is 4.79 Å². The zero-order valence-corrected chi connectivity index (χ0v) is 21.5. The lowest BCUT2D eigenvalue weighted by Crippen LogP contribution is -2.28. The fourth-order valence-electron chi connectivity index (χ4n) is 4.03. The molecule has 1 aliphatic carbocycles. The maximum absolute atomic E-state index is 12.6. The fourth-order valence-corrected chi connectivity index (χ4v) is 4.03. The van der Waals surface area contributed by atoms with Crippen molar-refractivity contribution in [3.05, 3.63) is 65.3 Å². The van der Waals surface area contributed by atoms with Gasteiger partial charge in [-0.15, -0.1) is 0 Å². The number of amides is 1. The number of rotatable bonds is 14. The third-order valence-corrected chi connectivity index (χ3v) is 6.15. The van der Waals surface area contributed by atoms with E-state index in [0.717, 1.165) is 48.1 Å². The zero-order valence-electron chi connectivity index (χ0n) is 21.5. The Labute approximate surface area is 214 Å². The number of nitrogens with one attached hydrogen (secondary N) is 3. The van der Waals surface area contributed by atoms with E-state index in [4.69, 9.17) is 5.73 Å². The lowest BCUT2D eigenvalue weighted by Gasteiger charge is -2.20. The van der Waals surface area contributed by atoms with Crippen molar-refractivity contribution in [1.82, 2.24) is 20.6 Å². The molecule has 3 rings (SSSR count). The Balaban J connectivity index is 1.59. The third-order valence-electron chi connectivity index (χ3n) is 6.15. The number of nitrogens with zero attached hydrogens (tertiary/aromatic N) is 3. The molecule has 0 saturated heterocycles. The SMILES string of the molecule is CCCCCNCCCNC(=O)CC1=CC(/C(=C/N=CN)N=Cc2nc3ccccc3[nH]2)=CCC1C. The fraction of sp³-hybridized carbons (Fsp3) is 0.429. The Morgan fingerprint density at radius 3 is 2.86 bits per heavy atom. The van der Waals surface area contributed by atoms with Crippen LogP contribution in [0.25, 0.3) is 11.0 Å². The van der Waals surface area contributed by atoms with Gasteiger partial charge in [0.2, 0.25) is 5.91 Å². The third kappa shape index (κ3) is 8.61. The minimum atomic E-state index is 0.0524. The first-order valence-electron chi connectivity index (χ1n) is 12.9. The van der Waals surface area contributed by atoms with Gasteiger partial charge in [0.15, 0.2) is 0 Å². The van der Waals surface area contributed by atoms with Crippen LogP contribution in [0.15, 0.2) is 69.4 Å². The van der Waals surface area contributed by atoms with Gasteiger partial charge in [-0.1, -0.05) is 56.5 Å². The minimum Gasteiger partial charge on any atom is -0.390 e. The molecule has 0 saturated carbocycles. The zero-order chi connectivity index (χ0) is 25.6. The molecule has 0 aliphatic heterocycles. The molecule has 5 N–H and O–H groups in total. The van der Waals surface area contributed by atoms with E-state index in [9.17, 15) is 4.79 Å². The number of hydrogen-bond acceptors (Lipinski definition) is 5. The van der Waals surface area contributed by atoms with Gasteiger partial charge in [-0.2, -0.15) is 0 Å². The van der Waals surface area contributed by atoms with E-state index in [0.29, 0.717) is 30.4 Å². The summed E-state index contributed by atoms with van der Waals surface area (Å²) in [6, 6.07) is 7.84. The molecule has 0 radical (unpaired) electrons. The molecule has 1 unspecified atom stereocenters.